The average Bonchev–Trinajstić information content (AvgIpc) is 3.35. The Hall–Kier alpha value is -3.20. The molecule has 0 unspecified atom stereocenters. The molecule has 32 heavy (non-hydrogen) atoms. The van der Waals surface area contributed by atoms with Gasteiger partial charge in [0.05, 0.1) is 21.9 Å². The number of tetrazole rings is 1. The van der Waals surface area contributed by atoms with E-state index in [2.05, 4.69) is 31.0 Å². The van der Waals surface area contributed by atoms with Crippen LogP contribution in [0.25, 0.3) is 33.4 Å². The van der Waals surface area contributed by atoms with E-state index in [1.54, 1.807) is 36.1 Å². The molecule has 1 saturated heterocycles. The number of benzene rings is 2. The van der Waals surface area contributed by atoms with Gasteiger partial charge in [-0.15, -0.1) is 5.10 Å². The number of aromatic amines is 1. The van der Waals surface area contributed by atoms with E-state index in [0.717, 1.165) is 10.9 Å². The molecule has 4 N–H and O–H groups in total. The molecular weight excluding hydrogens is 456 g/mol. The second-order valence-electron chi connectivity index (χ2n) is 7.45. The highest BCUT2D eigenvalue weighted by atomic mass is 32.2. The third-order valence-corrected chi connectivity index (χ3v) is 8.82. The van der Waals surface area contributed by atoms with Crippen molar-refractivity contribution in [2.45, 2.75) is 15.0 Å². The van der Waals surface area contributed by atoms with Crippen LogP contribution in [0.2, 0.25) is 0 Å². The molecule has 0 radical (unpaired) electrons. The molecule has 2 aromatic carbocycles. The number of nitrogens with one attached hydrogen (secondary N) is 2. The van der Waals surface area contributed by atoms with E-state index >= 15 is 0 Å². The van der Waals surface area contributed by atoms with Gasteiger partial charge in [0.2, 0.25) is 10.0 Å². The molecule has 1 aliphatic rings. The summed E-state index contributed by atoms with van der Waals surface area (Å²) in [6.45, 7) is 0.448. The number of nitrogens with zero attached hydrogens (tertiary/aromatic N) is 5. The minimum atomic E-state index is -4.51. The smallest absolute Gasteiger partial charge is 0.240 e. The van der Waals surface area contributed by atoms with E-state index < -0.39 is 30.0 Å². The number of sulfone groups is 1. The fraction of sp³-hybridized carbons (Fsp3) is 0.222. The maximum absolute atomic E-state index is 13.2. The zero-order valence-corrected chi connectivity index (χ0v) is 18.4. The van der Waals surface area contributed by atoms with Gasteiger partial charge in [0, 0.05) is 36.7 Å². The number of hydrogen-bond donors (Lipinski definition) is 3. The minimum Gasteiger partial charge on any atom is -0.314 e. The van der Waals surface area contributed by atoms with Gasteiger partial charge in [-0.25, -0.2) is 27.1 Å². The van der Waals surface area contributed by atoms with Gasteiger partial charge in [-0.1, -0.05) is 24.3 Å². The van der Waals surface area contributed by atoms with Crippen LogP contribution < -0.4 is 10.5 Å². The Labute approximate surface area is 182 Å². The van der Waals surface area contributed by atoms with Crippen molar-refractivity contribution < 1.29 is 16.8 Å². The van der Waals surface area contributed by atoms with Gasteiger partial charge in [0.1, 0.15) is 4.90 Å². The van der Waals surface area contributed by atoms with Crippen molar-refractivity contribution >= 4 is 30.8 Å². The number of fused-ring (bicyclic) bond motifs is 1. The van der Waals surface area contributed by atoms with Gasteiger partial charge in [0.25, 0.3) is 0 Å². The van der Waals surface area contributed by atoms with Crippen LogP contribution in [0.3, 0.4) is 0 Å². The van der Waals surface area contributed by atoms with Crippen molar-refractivity contribution in [3.05, 3.63) is 36.5 Å². The van der Waals surface area contributed by atoms with Gasteiger partial charge in [-0.3, -0.25) is 4.68 Å². The molecule has 1 aliphatic heterocycles. The van der Waals surface area contributed by atoms with E-state index in [0.29, 0.717) is 11.1 Å². The predicted octanol–water partition coefficient (Wildman–Crippen LogP) is -0.187. The summed E-state index contributed by atoms with van der Waals surface area (Å²) in [6.07, 6.45) is 1.68. The number of primary sulfonamides is 1. The van der Waals surface area contributed by atoms with E-state index in [1.165, 1.54) is 6.07 Å². The van der Waals surface area contributed by atoms with Gasteiger partial charge in [-0.2, -0.15) is 5.10 Å². The third-order valence-electron chi connectivity index (χ3n) is 5.53. The Morgan fingerprint density at radius 3 is 2.50 bits per heavy atom. The Morgan fingerprint density at radius 2 is 1.88 bits per heavy atom. The number of aryl methyl sites for hydroxylation is 1. The highest BCUT2D eigenvalue weighted by Gasteiger charge is 2.38. The molecule has 0 atom stereocenters. The Balaban J connectivity index is 1.92. The van der Waals surface area contributed by atoms with Gasteiger partial charge in [-0.05, 0) is 22.1 Å². The lowest BCUT2D eigenvalue weighted by molar-refractivity contribution is 0.493. The number of hydrogen-bond acceptors (Lipinski definition) is 9. The molecule has 0 saturated carbocycles. The Kier molecular flexibility index (Phi) is 4.63. The molecule has 1 fully saturated rings. The molecule has 0 bridgehead atoms. The van der Waals surface area contributed by atoms with Crippen LogP contribution >= 0.6 is 0 Å². The van der Waals surface area contributed by atoms with E-state index in [1.807, 2.05) is 6.07 Å². The van der Waals surface area contributed by atoms with Crippen LogP contribution in [0.1, 0.15) is 0 Å². The van der Waals surface area contributed by atoms with Gasteiger partial charge >= 0.3 is 0 Å². The monoisotopic (exact) mass is 474 g/mol. The lowest BCUT2D eigenvalue weighted by Gasteiger charge is -2.28. The quantitative estimate of drug-likeness (QED) is 0.353. The van der Waals surface area contributed by atoms with Crippen molar-refractivity contribution in [3.63, 3.8) is 0 Å². The summed E-state index contributed by atoms with van der Waals surface area (Å²) >= 11 is 0. The number of sulfonamides is 1. The van der Waals surface area contributed by atoms with Crippen molar-refractivity contribution in [2.75, 3.05) is 13.1 Å². The Bertz CT molecular complexity index is 1560. The molecule has 14 heteroatoms. The standard InChI is InChI=1S/C18H18N8O4S2/c1-26-16-10(7-21-26)3-2-4-13(16)12-5-6-14(31(27,28)11-8-20-9-11)17(32(19,29)30)15(12)18-22-24-25-23-18/h2-7,11,20H,8-9H2,1H3,(H2,19,29,30)(H,22,23,24,25). The molecule has 12 nitrogen and oxygen atoms in total. The van der Waals surface area contributed by atoms with Gasteiger partial charge in [0.15, 0.2) is 15.7 Å². The largest absolute Gasteiger partial charge is 0.314 e. The molecule has 4 aromatic rings. The second-order valence-corrected chi connectivity index (χ2v) is 11.1. The van der Waals surface area contributed by atoms with E-state index in [9.17, 15) is 16.8 Å². The van der Waals surface area contributed by atoms with Crippen molar-refractivity contribution in [3.8, 4) is 22.5 Å². The SMILES string of the molecule is Cn1ncc2cccc(-c3ccc(S(=O)(=O)C4CNC4)c(S(N)(=O)=O)c3-c3nnn[nH]3)c21. The molecule has 0 spiro atoms. The fourth-order valence-corrected chi connectivity index (χ4v) is 7.09. The zero-order chi connectivity index (χ0) is 22.7. The molecular formula is C18H18N8O4S2. The van der Waals surface area contributed by atoms with Crippen molar-refractivity contribution in [2.24, 2.45) is 12.2 Å². The van der Waals surface area contributed by atoms with Crippen LogP contribution in [-0.2, 0) is 26.9 Å². The zero-order valence-electron chi connectivity index (χ0n) is 16.7. The molecule has 166 valence electrons. The highest BCUT2D eigenvalue weighted by molar-refractivity contribution is 7.94. The van der Waals surface area contributed by atoms with Crippen LogP contribution in [-0.4, -0.2) is 65.6 Å². The van der Waals surface area contributed by atoms with E-state index in [4.69, 9.17) is 5.14 Å². The first-order valence-electron chi connectivity index (χ1n) is 9.49. The number of para-hydroxylation sites is 1. The van der Waals surface area contributed by atoms with Crippen molar-refractivity contribution in [1.82, 2.24) is 35.7 Å². The highest BCUT2D eigenvalue weighted by Crippen LogP contribution is 2.41. The summed E-state index contributed by atoms with van der Waals surface area (Å²) in [5, 5.41) is 26.3. The summed E-state index contributed by atoms with van der Waals surface area (Å²) in [6, 6.07) is 8.27. The fourth-order valence-electron chi connectivity index (χ4n) is 3.91. The van der Waals surface area contributed by atoms with Crippen LogP contribution in [0.5, 0.6) is 0 Å². The third kappa shape index (κ3) is 3.10. The minimum absolute atomic E-state index is 0.0143. The number of nitrogens with two attached hydrogens (primary N) is 1. The summed E-state index contributed by atoms with van der Waals surface area (Å²) in [5.41, 5.74) is 1.72. The number of rotatable bonds is 5. The normalized spacial score (nSPS) is 15.2. The number of H-pyrrole nitrogens is 1. The lowest BCUT2D eigenvalue weighted by Crippen LogP contribution is -2.51. The maximum atomic E-state index is 13.2. The van der Waals surface area contributed by atoms with Gasteiger partial charge < -0.3 is 5.32 Å². The first-order chi connectivity index (χ1) is 15.2. The number of aromatic nitrogens is 6. The topological polar surface area (TPSA) is 179 Å². The molecule has 3 heterocycles. The maximum Gasteiger partial charge on any atom is 0.240 e. The Morgan fingerprint density at radius 1 is 1.09 bits per heavy atom. The summed E-state index contributed by atoms with van der Waals surface area (Å²) in [5.74, 6) is -0.0213. The second kappa shape index (κ2) is 7.16. The predicted molar refractivity (Wildman–Crippen MR) is 115 cm³/mol. The molecule has 0 aliphatic carbocycles. The van der Waals surface area contributed by atoms with Crippen LogP contribution in [0, 0.1) is 0 Å². The average molecular weight is 475 g/mol. The van der Waals surface area contributed by atoms with Crippen molar-refractivity contribution in [1.29, 1.82) is 0 Å². The molecule has 2 aromatic heterocycles. The molecule has 5 rings (SSSR count). The summed E-state index contributed by atoms with van der Waals surface area (Å²) < 4.78 is 53.7. The first kappa shape index (κ1) is 20.7. The van der Waals surface area contributed by atoms with E-state index in [-0.39, 0.29) is 29.4 Å². The van der Waals surface area contributed by atoms with Crippen LogP contribution in [0.4, 0.5) is 0 Å². The van der Waals surface area contributed by atoms with Crippen LogP contribution in [0.15, 0.2) is 46.3 Å². The first-order valence-corrected chi connectivity index (χ1v) is 12.6. The summed E-state index contributed by atoms with van der Waals surface area (Å²) in [7, 11) is -6.74. The molecule has 0 amide bonds. The summed E-state index contributed by atoms with van der Waals surface area (Å²) in [4.78, 5) is -0.918. The lowest BCUT2D eigenvalue weighted by atomic mass is 9.97.